The van der Waals surface area contributed by atoms with Gasteiger partial charge in [0.1, 0.15) is 5.75 Å². The number of methoxy groups -OCH3 is 1. The lowest BCUT2D eigenvalue weighted by Crippen LogP contribution is -2.25. The van der Waals surface area contributed by atoms with Crippen molar-refractivity contribution in [2.24, 2.45) is 0 Å². The summed E-state index contributed by atoms with van der Waals surface area (Å²) in [4.78, 5) is 0. The minimum absolute atomic E-state index is 0.574. The van der Waals surface area contributed by atoms with Gasteiger partial charge in [0.25, 0.3) is 0 Å². The van der Waals surface area contributed by atoms with Crippen molar-refractivity contribution in [1.82, 2.24) is 5.32 Å². The van der Waals surface area contributed by atoms with Crippen LogP contribution < -0.4 is 10.1 Å². The second-order valence-electron chi connectivity index (χ2n) is 4.31. The standard InChI is InChI=1S/C14H22ClNO/c1-4-16-11(2)6-5-7-12-10-13(15)8-9-14(12)17-3/h8-11,16H,4-7H2,1-3H3. The van der Waals surface area contributed by atoms with Gasteiger partial charge in [0.05, 0.1) is 7.11 Å². The highest BCUT2D eigenvalue weighted by atomic mass is 35.5. The summed E-state index contributed by atoms with van der Waals surface area (Å²) in [6.07, 6.45) is 3.33. The summed E-state index contributed by atoms with van der Waals surface area (Å²) in [6, 6.07) is 6.37. The molecule has 1 aromatic carbocycles. The summed E-state index contributed by atoms with van der Waals surface area (Å²) in [5, 5.41) is 4.19. The van der Waals surface area contributed by atoms with E-state index in [0.29, 0.717) is 6.04 Å². The van der Waals surface area contributed by atoms with Crippen LogP contribution in [0.4, 0.5) is 0 Å². The van der Waals surface area contributed by atoms with Crippen molar-refractivity contribution in [3.63, 3.8) is 0 Å². The van der Waals surface area contributed by atoms with E-state index in [1.165, 1.54) is 12.0 Å². The second-order valence-corrected chi connectivity index (χ2v) is 4.74. The summed E-state index contributed by atoms with van der Waals surface area (Å²) < 4.78 is 5.33. The van der Waals surface area contributed by atoms with Crippen LogP contribution >= 0.6 is 11.6 Å². The Morgan fingerprint density at radius 1 is 1.41 bits per heavy atom. The number of halogens is 1. The number of aryl methyl sites for hydroxylation is 1. The molecule has 2 nitrogen and oxygen atoms in total. The molecule has 3 heteroatoms. The number of ether oxygens (including phenoxy) is 1. The Bertz CT molecular complexity index is 341. The van der Waals surface area contributed by atoms with E-state index in [1.807, 2.05) is 18.2 Å². The van der Waals surface area contributed by atoms with Crippen LogP contribution in [0.3, 0.4) is 0 Å². The van der Waals surface area contributed by atoms with Crippen LogP contribution in [0, 0.1) is 0 Å². The molecule has 0 amide bonds. The molecular formula is C14H22ClNO. The summed E-state index contributed by atoms with van der Waals surface area (Å²) in [5.41, 5.74) is 1.20. The summed E-state index contributed by atoms with van der Waals surface area (Å²) >= 11 is 6.00. The van der Waals surface area contributed by atoms with Gasteiger partial charge in [-0.25, -0.2) is 0 Å². The fourth-order valence-corrected chi connectivity index (χ4v) is 2.19. The highest BCUT2D eigenvalue weighted by Crippen LogP contribution is 2.24. The second kappa shape index (κ2) is 7.57. The lowest BCUT2D eigenvalue weighted by molar-refractivity contribution is 0.408. The molecule has 1 unspecified atom stereocenters. The van der Waals surface area contributed by atoms with Crippen LogP contribution in [0.5, 0.6) is 5.75 Å². The van der Waals surface area contributed by atoms with E-state index >= 15 is 0 Å². The van der Waals surface area contributed by atoms with Crippen LogP contribution in [0.15, 0.2) is 18.2 Å². The zero-order valence-corrected chi connectivity index (χ0v) is 11.7. The molecule has 0 aliphatic heterocycles. The normalized spacial score (nSPS) is 12.5. The van der Waals surface area contributed by atoms with Crippen LogP contribution in [-0.2, 0) is 6.42 Å². The molecule has 0 saturated carbocycles. The molecule has 0 radical (unpaired) electrons. The van der Waals surface area contributed by atoms with Crippen molar-refractivity contribution in [3.8, 4) is 5.75 Å². The van der Waals surface area contributed by atoms with Gasteiger partial charge in [-0.05, 0) is 56.5 Å². The maximum atomic E-state index is 6.00. The van der Waals surface area contributed by atoms with Crippen molar-refractivity contribution in [1.29, 1.82) is 0 Å². The fraction of sp³-hybridized carbons (Fsp3) is 0.571. The van der Waals surface area contributed by atoms with Crippen LogP contribution in [0.25, 0.3) is 0 Å². The molecule has 96 valence electrons. The third-order valence-electron chi connectivity index (χ3n) is 2.88. The number of hydrogen-bond acceptors (Lipinski definition) is 2. The Hall–Kier alpha value is -0.730. The predicted octanol–water partition coefficient (Wildman–Crippen LogP) is 3.67. The Kier molecular flexibility index (Phi) is 6.38. The average Bonchev–Trinajstić information content (AvgIpc) is 2.30. The van der Waals surface area contributed by atoms with Gasteiger partial charge in [-0.1, -0.05) is 18.5 Å². The molecule has 0 spiro atoms. The van der Waals surface area contributed by atoms with E-state index in [0.717, 1.165) is 30.2 Å². The lowest BCUT2D eigenvalue weighted by atomic mass is 10.0. The predicted molar refractivity (Wildman–Crippen MR) is 74.1 cm³/mol. The largest absolute Gasteiger partial charge is 0.496 e. The quantitative estimate of drug-likeness (QED) is 0.803. The first-order chi connectivity index (χ1) is 8.17. The van der Waals surface area contributed by atoms with Gasteiger partial charge < -0.3 is 10.1 Å². The number of nitrogens with one attached hydrogen (secondary N) is 1. The van der Waals surface area contributed by atoms with Crippen molar-refractivity contribution in [2.45, 2.75) is 39.2 Å². The minimum Gasteiger partial charge on any atom is -0.496 e. The van der Waals surface area contributed by atoms with E-state index in [2.05, 4.69) is 19.2 Å². The highest BCUT2D eigenvalue weighted by Gasteiger charge is 2.05. The molecule has 0 aromatic heterocycles. The molecule has 0 aliphatic rings. The topological polar surface area (TPSA) is 21.3 Å². The molecule has 0 heterocycles. The van der Waals surface area contributed by atoms with Crippen LogP contribution in [0.2, 0.25) is 5.02 Å². The first-order valence-electron chi connectivity index (χ1n) is 6.23. The highest BCUT2D eigenvalue weighted by molar-refractivity contribution is 6.30. The maximum Gasteiger partial charge on any atom is 0.122 e. The first-order valence-corrected chi connectivity index (χ1v) is 6.61. The van der Waals surface area contributed by atoms with Gasteiger partial charge >= 0.3 is 0 Å². The van der Waals surface area contributed by atoms with E-state index in [1.54, 1.807) is 7.11 Å². The molecule has 0 fully saturated rings. The molecule has 17 heavy (non-hydrogen) atoms. The summed E-state index contributed by atoms with van der Waals surface area (Å²) in [7, 11) is 1.70. The van der Waals surface area contributed by atoms with E-state index < -0.39 is 0 Å². The SMILES string of the molecule is CCNC(C)CCCc1cc(Cl)ccc1OC. The monoisotopic (exact) mass is 255 g/mol. The molecule has 0 aliphatic carbocycles. The third kappa shape index (κ3) is 4.97. The average molecular weight is 256 g/mol. The maximum absolute atomic E-state index is 6.00. The number of rotatable bonds is 7. The summed E-state index contributed by atoms with van der Waals surface area (Å²) in [6.45, 7) is 5.39. The van der Waals surface area contributed by atoms with Crippen LogP contribution in [0.1, 0.15) is 32.3 Å². The zero-order valence-electron chi connectivity index (χ0n) is 10.9. The number of benzene rings is 1. The summed E-state index contributed by atoms with van der Waals surface area (Å²) in [5.74, 6) is 0.936. The van der Waals surface area contributed by atoms with Gasteiger partial charge in [-0.3, -0.25) is 0 Å². The van der Waals surface area contributed by atoms with Gasteiger partial charge in [-0.2, -0.15) is 0 Å². The van der Waals surface area contributed by atoms with E-state index in [-0.39, 0.29) is 0 Å². The van der Waals surface area contributed by atoms with Crippen molar-refractivity contribution in [2.75, 3.05) is 13.7 Å². The molecule has 1 N–H and O–H groups in total. The third-order valence-corrected chi connectivity index (χ3v) is 3.11. The fourth-order valence-electron chi connectivity index (χ4n) is 1.99. The Balaban J connectivity index is 2.48. The molecule has 1 atom stereocenters. The molecule has 1 aromatic rings. The van der Waals surface area contributed by atoms with E-state index in [4.69, 9.17) is 16.3 Å². The van der Waals surface area contributed by atoms with Crippen LogP contribution in [-0.4, -0.2) is 19.7 Å². The van der Waals surface area contributed by atoms with Gasteiger partial charge in [-0.15, -0.1) is 0 Å². The van der Waals surface area contributed by atoms with Gasteiger partial charge in [0, 0.05) is 11.1 Å². The number of hydrogen-bond donors (Lipinski definition) is 1. The zero-order chi connectivity index (χ0) is 12.7. The Labute approximate surface area is 109 Å². The van der Waals surface area contributed by atoms with Gasteiger partial charge in [0.15, 0.2) is 0 Å². The lowest BCUT2D eigenvalue weighted by Gasteiger charge is -2.13. The first kappa shape index (κ1) is 14.3. The van der Waals surface area contributed by atoms with Crippen molar-refractivity contribution in [3.05, 3.63) is 28.8 Å². The Morgan fingerprint density at radius 3 is 2.82 bits per heavy atom. The van der Waals surface area contributed by atoms with Gasteiger partial charge in [0.2, 0.25) is 0 Å². The van der Waals surface area contributed by atoms with E-state index in [9.17, 15) is 0 Å². The Morgan fingerprint density at radius 2 is 2.18 bits per heavy atom. The van der Waals surface area contributed by atoms with Crippen molar-refractivity contribution >= 4 is 11.6 Å². The minimum atomic E-state index is 0.574. The van der Waals surface area contributed by atoms with Crippen molar-refractivity contribution < 1.29 is 4.74 Å². The molecule has 0 saturated heterocycles. The molecule has 0 bridgehead atoms. The molecular weight excluding hydrogens is 234 g/mol. The molecule has 1 rings (SSSR count). The smallest absolute Gasteiger partial charge is 0.122 e.